The lowest BCUT2D eigenvalue weighted by Crippen LogP contribution is -1.91. The molecule has 0 aromatic carbocycles. The van der Waals surface area contributed by atoms with Crippen LogP contribution in [-0.4, -0.2) is 19.2 Å². The molecule has 0 aliphatic heterocycles. The van der Waals surface area contributed by atoms with Gasteiger partial charge in [-0.05, 0) is 12.1 Å². The van der Waals surface area contributed by atoms with Gasteiger partial charge in [-0.3, -0.25) is 4.55 Å². The van der Waals surface area contributed by atoms with Crippen LogP contribution >= 0.6 is 0 Å². The molecule has 0 saturated heterocycles. The second-order valence-electron chi connectivity index (χ2n) is 1.70. The van der Waals surface area contributed by atoms with Crippen molar-refractivity contribution in [2.45, 2.75) is 0 Å². The van der Waals surface area contributed by atoms with Crippen LogP contribution in [0, 0.1) is 0 Å². The van der Waals surface area contributed by atoms with E-state index in [2.05, 4.69) is 4.40 Å². The van der Waals surface area contributed by atoms with Gasteiger partial charge in [0.2, 0.25) is 0 Å². The van der Waals surface area contributed by atoms with Crippen molar-refractivity contribution in [3.8, 4) is 0 Å². The van der Waals surface area contributed by atoms with Crippen molar-refractivity contribution in [2.75, 3.05) is 0 Å². The molecule has 0 amide bonds. The van der Waals surface area contributed by atoms with Crippen LogP contribution in [0.3, 0.4) is 0 Å². The van der Waals surface area contributed by atoms with Gasteiger partial charge < -0.3 is 4.42 Å². The molecular weight excluding hydrogens is 170 g/mol. The Morgan fingerprint density at radius 2 is 2.36 bits per heavy atom. The van der Waals surface area contributed by atoms with E-state index in [1.165, 1.54) is 12.3 Å². The molecule has 0 bridgehead atoms. The maximum absolute atomic E-state index is 10.0. The molecule has 6 heteroatoms. The maximum Gasteiger partial charge on any atom is 0.378 e. The zero-order valence-electron chi connectivity index (χ0n) is 5.34. The standard InChI is InChI=1S/C5H5NO4S/c7-11(8,9)6-4-5-2-1-3-10-5/h1-4H,(H,7,8,9)/b6-4+. The van der Waals surface area contributed by atoms with Crippen LogP contribution in [-0.2, 0) is 10.3 Å². The summed E-state index contributed by atoms with van der Waals surface area (Å²) in [6.07, 6.45) is 2.28. The third kappa shape index (κ3) is 2.96. The first-order valence-electron chi connectivity index (χ1n) is 2.64. The third-order valence-corrected chi connectivity index (χ3v) is 1.23. The Morgan fingerprint density at radius 1 is 1.64 bits per heavy atom. The molecule has 1 aromatic heterocycles. The monoisotopic (exact) mass is 175 g/mol. The van der Waals surface area contributed by atoms with E-state index in [1.54, 1.807) is 6.07 Å². The number of nitrogens with zero attached hydrogens (tertiary/aromatic N) is 1. The average Bonchev–Trinajstić information content (AvgIpc) is 2.32. The van der Waals surface area contributed by atoms with Crippen molar-refractivity contribution < 1.29 is 17.4 Å². The number of hydrogen-bond acceptors (Lipinski definition) is 3. The summed E-state index contributed by atoms with van der Waals surface area (Å²) in [4.78, 5) is 0. The van der Waals surface area contributed by atoms with Crippen LogP contribution in [0.25, 0.3) is 0 Å². The van der Waals surface area contributed by atoms with E-state index in [0.29, 0.717) is 0 Å². The zero-order valence-corrected chi connectivity index (χ0v) is 6.15. The Balaban J connectivity index is 2.79. The summed E-state index contributed by atoms with van der Waals surface area (Å²) < 4.78 is 35.7. The molecule has 1 rings (SSSR count). The number of hydrogen-bond donors (Lipinski definition) is 1. The molecule has 5 nitrogen and oxygen atoms in total. The van der Waals surface area contributed by atoms with Crippen molar-refractivity contribution in [2.24, 2.45) is 4.40 Å². The minimum Gasteiger partial charge on any atom is -0.463 e. The van der Waals surface area contributed by atoms with Crippen molar-refractivity contribution in [3.63, 3.8) is 0 Å². The minimum atomic E-state index is -4.29. The summed E-state index contributed by atoms with van der Waals surface area (Å²) in [5.41, 5.74) is 0. The van der Waals surface area contributed by atoms with Gasteiger partial charge in [0.15, 0.2) is 0 Å². The highest BCUT2D eigenvalue weighted by Gasteiger charge is 1.96. The molecular formula is C5H5NO4S. The first-order valence-corrected chi connectivity index (χ1v) is 4.04. The van der Waals surface area contributed by atoms with E-state index >= 15 is 0 Å². The smallest absolute Gasteiger partial charge is 0.378 e. The molecule has 0 aliphatic carbocycles. The van der Waals surface area contributed by atoms with E-state index in [1.807, 2.05) is 0 Å². The Kier molecular flexibility index (Phi) is 2.06. The Morgan fingerprint density at radius 3 is 2.82 bits per heavy atom. The summed E-state index contributed by atoms with van der Waals surface area (Å²) in [6, 6.07) is 3.08. The van der Waals surface area contributed by atoms with Gasteiger partial charge >= 0.3 is 10.3 Å². The van der Waals surface area contributed by atoms with Crippen LogP contribution in [0.2, 0.25) is 0 Å². The second kappa shape index (κ2) is 2.85. The van der Waals surface area contributed by atoms with Crippen molar-refractivity contribution in [1.82, 2.24) is 0 Å². The van der Waals surface area contributed by atoms with Gasteiger partial charge in [0.25, 0.3) is 0 Å². The highest BCUT2D eigenvalue weighted by atomic mass is 32.2. The van der Waals surface area contributed by atoms with E-state index in [0.717, 1.165) is 6.21 Å². The molecule has 0 aliphatic rings. The fourth-order valence-electron chi connectivity index (χ4n) is 0.483. The lowest BCUT2D eigenvalue weighted by Gasteiger charge is -1.82. The van der Waals surface area contributed by atoms with Crippen molar-refractivity contribution >= 4 is 16.5 Å². The van der Waals surface area contributed by atoms with E-state index < -0.39 is 10.3 Å². The SMILES string of the molecule is O=S(=O)(O)/N=C/c1ccco1. The molecule has 60 valence electrons. The Bertz CT molecular complexity index is 337. The maximum atomic E-state index is 10.0. The first-order chi connectivity index (χ1) is 5.08. The van der Waals surface area contributed by atoms with E-state index in [9.17, 15) is 8.42 Å². The summed E-state index contributed by atoms with van der Waals surface area (Å²) in [6.45, 7) is 0. The van der Waals surface area contributed by atoms with Gasteiger partial charge in [-0.2, -0.15) is 8.42 Å². The van der Waals surface area contributed by atoms with Gasteiger partial charge in [0, 0.05) is 0 Å². The largest absolute Gasteiger partial charge is 0.463 e. The van der Waals surface area contributed by atoms with Gasteiger partial charge in [-0.15, -0.1) is 4.40 Å². The Hall–Kier alpha value is -1.14. The average molecular weight is 175 g/mol. The molecule has 11 heavy (non-hydrogen) atoms. The van der Waals surface area contributed by atoms with E-state index in [4.69, 9.17) is 8.97 Å². The van der Waals surface area contributed by atoms with Crippen LogP contribution in [0.4, 0.5) is 0 Å². The fourth-order valence-corrected chi connectivity index (χ4v) is 0.720. The van der Waals surface area contributed by atoms with Crippen LogP contribution in [0.15, 0.2) is 27.2 Å². The third-order valence-electron chi connectivity index (χ3n) is 0.856. The quantitative estimate of drug-likeness (QED) is 0.524. The molecule has 0 fully saturated rings. The zero-order chi connectivity index (χ0) is 8.32. The summed E-state index contributed by atoms with van der Waals surface area (Å²) in [5.74, 6) is 0.266. The van der Waals surface area contributed by atoms with Gasteiger partial charge in [-0.25, -0.2) is 0 Å². The number of rotatable bonds is 2. The predicted octanol–water partition coefficient (Wildman–Crippen LogP) is 0.501. The predicted molar refractivity (Wildman–Crippen MR) is 37.9 cm³/mol. The molecule has 0 spiro atoms. The molecule has 0 radical (unpaired) electrons. The van der Waals surface area contributed by atoms with Crippen molar-refractivity contribution in [3.05, 3.63) is 24.2 Å². The topological polar surface area (TPSA) is 79.9 Å². The fraction of sp³-hybridized carbons (Fsp3) is 0. The Labute approximate surface area is 63.3 Å². The van der Waals surface area contributed by atoms with E-state index in [-0.39, 0.29) is 5.76 Å². The summed E-state index contributed by atoms with van der Waals surface area (Å²) in [7, 11) is -4.29. The molecule has 1 N–H and O–H groups in total. The highest BCUT2D eigenvalue weighted by Crippen LogP contribution is 1.96. The van der Waals surface area contributed by atoms with Gasteiger partial charge in [0.1, 0.15) is 5.76 Å². The highest BCUT2D eigenvalue weighted by molar-refractivity contribution is 7.84. The van der Waals surface area contributed by atoms with Gasteiger partial charge in [-0.1, -0.05) is 0 Å². The van der Waals surface area contributed by atoms with Crippen LogP contribution < -0.4 is 0 Å². The summed E-state index contributed by atoms with van der Waals surface area (Å²) in [5, 5.41) is 0. The molecule has 1 heterocycles. The number of furan rings is 1. The normalized spacial score (nSPS) is 12.5. The molecule has 1 aromatic rings. The molecule has 0 saturated carbocycles. The van der Waals surface area contributed by atoms with Crippen LogP contribution in [0.1, 0.15) is 5.76 Å². The second-order valence-corrected chi connectivity index (χ2v) is 2.80. The molecule has 0 unspecified atom stereocenters. The lowest BCUT2D eigenvalue weighted by molar-refractivity contribution is 0.485. The molecule has 0 atom stereocenters. The van der Waals surface area contributed by atoms with Crippen LogP contribution in [0.5, 0.6) is 0 Å². The lowest BCUT2D eigenvalue weighted by atomic mass is 10.5. The van der Waals surface area contributed by atoms with Crippen molar-refractivity contribution in [1.29, 1.82) is 0 Å². The van der Waals surface area contributed by atoms with Gasteiger partial charge in [0.05, 0.1) is 12.5 Å². The first kappa shape index (κ1) is 7.96. The minimum absolute atomic E-state index is 0.266. The summed E-state index contributed by atoms with van der Waals surface area (Å²) >= 11 is 0.